The SMILES string of the molecule is CN(Cc1cccc(F)c1)C(=O)C1(C)Cc2ccccc2C(=O)O1. The molecule has 1 amide bonds. The van der Waals surface area contributed by atoms with Gasteiger partial charge in [0.2, 0.25) is 0 Å². The minimum absolute atomic E-state index is 0.241. The van der Waals surface area contributed by atoms with E-state index in [0.29, 0.717) is 17.5 Å². The molecule has 0 aromatic heterocycles. The number of amides is 1. The molecule has 2 aromatic carbocycles. The van der Waals surface area contributed by atoms with Crippen LogP contribution >= 0.6 is 0 Å². The summed E-state index contributed by atoms with van der Waals surface area (Å²) < 4.78 is 18.7. The molecule has 0 radical (unpaired) electrons. The van der Waals surface area contributed by atoms with Gasteiger partial charge in [0.05, 0.1) is 5.56 Å². The maximum atomic E-state index is 13.3. The number of hydrogen-bond acceptors (Lipinski definition) is 3. The van der Waals surface area contributed by atoms with Crippen molar-refractivity contribution in [2.24, 2.45) is 0 Å². The van der Waals surface area contributed by atoms with Crippen LogP contribution in [0, 0.1) is 5.82 Å². The largest absolute Gasteiger partial charge is 0.445 e. The van der Waals surface area contributed by atoms with Gasteiger partial charge in [-0.1, -0.05) is 30.3 Å². The van der Waals surface area contributed by atoms with Gasteiger partial charge in [-0.15, -0.1) is 0 Å². The summed E-state index contributed by atoms with van der Waals surface area (Å²) in [6.45, 7) is 1.86. The fourth-order valence-corrected chi connectivity index (χ4v) is 3.04. The van der Waals surface area contributed by atoms with Crippen LogP contribution in [0.4, 0.5) is 4.39 Å². The lowest BCUT2D eigenvalue weighted by Gasteiger charge is -2.36. The second kappa shape index (κ2) is 6.07. The molecule has 24 heavy (non-hydrogen) atoms. The number of carbonyl (C=O) groups excluding carboxylic acids is 2. The molecule has 0 aliphatic carbocycles. The average Bonchev–Trinajstić information content (AvgIpc) is 2.54. The van der Waals surface area contributed by atoms with Crippen molar-refractivity contribution in [3.05, 3.63) is 71.0 Å². The van der Waals surface area contributed by atoms with Crippen molar-refractivity contribution in [1.29, 1.82) is 0 Å². The minimum atomic E-state index is -1.26. The molecule has 124 valence electrons. The Kier molecular flexibility index (Phi) is 4.09. The van der Waals surface area contributed by atoms with Gasteiger partial charge in [-0.3, -0.25) is 4.79 Å². The minimum Gasteiger partial charge on any atom is -0.445 e. The van der Waals surface area contributed by atoms with Crippen molar-refractivity contribution in [1.82, 2.24) is 4.90 Å². The summed E-state index contributed by atoms with van der Waals surface area (Å²) in [6, 6.07) is 13.2. The van der Waals surface area contributed by atoms with Gasteiger partial charge in [-0.25, -0.2) is 9.18 Å². The van der Waals surface area contributed by atoms with Gasteiger partial charge < -0.3 is 9.64 Å². The third-order valence-corrected chi connectivity index (χ3v) is 4.19. The topological polar surface area (TPSA) is 46.6 Å². The highest BCUT2D eigenvalue weighted by molar-refractivity contribution is 5.97. The molecular weight excluding hydrogens is 309 g/mol. The molecule has 0 saturated carbocycles. The number of fused-ring (bicyclic) bond motifs is 1. The van der Waals surface area contributed by atoms with Gasteiger partial charge in [0, 0.05) is 20.0 Å². The molecule has 1 unspecified atom stereocenters. The molecule has 0 saturated heterocycles. The van der Waals surface area contributed by atoms with Crippen molar-refractivity contribution in [3.63, 3.8) is 0 Å². The quantitative estimate of drug-likeness (QED) is 0.814. The number of hydrogen-bond donors (Lipinski definition) is 0. The first-order valence-corrected chi connectivity index (χ1v) is 7.70. The van der Waals surface area contributed by atoms with Gasteiger partial charge in [0.1, 0.15) is 5.82 Å². The first-order chi connectivity index (χ1) is 11.4. The number of cyclic esters (lactones) is 1. The molecule has 1 atom stereocenters. The van der Waals surface area contributed by atoms with Crippen LogP contribution in [-0.4, -0.2) is 29.4 Å². The Bertz CT molecular complexity index is 805. The van der Waals surface area contributed by atoms with Crippen LogP contribution in [0.2, 0.25) is 0 Å². The Morgan fingerprint density at radius 1 is 1.25 bits per heavy atom. The lowest BCUT2D eigenvalue weighted by Crippen LogP contribution is -2.51. The summed E-state index contributed by atoms with van der Waals surface area (Å²) in [5, 5.41) is 0. The maximum Gasteiger partial charge on any atom is 0.339 e. The number of ether oxygens (including phenoxy) is 1. The smallest absolute Gasteiger partial charge is 0.339 e. The van der Waals surface area contributed by atoms with Crippen LogP contribution < -0.4 is 0 Å². The maximum absolute atomic E-state index is 13.3. The lowest BCUT2D eigenvalue weighted by molar-refractivity contribution is -0.150. The van der Waals surface area contributed by atoms with Crippen LogP contribution in [0.1, 0.15) is 28.4 Å². The number of benzene rings is 2. The van der Waals surface area contributed by atoms with E-state index >= 15 is 0 Å². The first-order valence-electron chi connectivity index (χ1n) is 7.70. The highest BCUT2D eigenvalue weighted by Crippen LogP contribution is 2.29. The molecule has 0 N–H and O–H groups in total. The Hall–Kier alpha value is -2.69. The van der Waals surface area contributed by atoms with Crippen molar-refractivity contribution >= 4 is 11.9 Å². The lowest BCUT2D eigenvalue weighted by atomic mass is 9.89. The summed E-state index contributed by atoms with van der Waals surface area (Å²) in [5.74, 6) is -1.15. The van der Waals surface area contributed by atoms with Gasteiger partial charge in [-0.05, 0) is 36.2 Å². The number of esters is 1. The van der Waals surface area contributed by atoms with Crippen LogP contribution in [0.25, 0.3) is 0 Å². The van der Waals surface area contributed by atoms with Crippen LogP contribution in [-0.2, 0) is 22.5 Å². The third kappa shape index (κ3) is 3.02. The number of nitrogens with zero attached hydrogens (tertiary/aromatic N) is 1. The zero-order valence-electron chi connectivity index (χ0n) is 13.6. The monoisotopic (exact) mass is 327 g/mol. The van der Waals surface area contributed by atoms with Crippen molar-refractivity contribution < 1.29 is 18.7 Å². The van der Waals surface area contributed by atoms with Gasteiger partial charge in [0.15, 0.2) is 5.60 Å². The summed E-state index contributed by atoms with van der Waals surface area (Å²) in [4.78, 5) is 26.5. The molecule has 1 aliphatic rings. The molecule has 5 heteroatoms. The van der Waals surface area contributed by atoms with E-state index < -0.39 is 11.6 Å². The van der Waals surface area contributed by atoms with E-state index in [1.807, 2.05) is 12.1 Å². The van der Waals surface area contributed by atoms with Crippen molar-refractivity contribution in [2.75, 3.05) is 7.05 Å². The Labute approximate surface area is 139 Å². The standard InChI is InChI=1S/C19H18FNO3/c1-19(11-14-7-3-4-9-16(14)17(22)24-19)18(23)21(2)12-13-6-5-8-15(20)10-13/h3-10H,11-12H2,1-2H3. The van der Waals surface area contributed by atoms with E-state index in [1.165, 1.54) is 17.0 Å². The fourth-order valence-electron chi connectivity index (χ4n) is 3.04. The van der Waals surface area contributed by atoms with Crippen molar-refractivity contribution in [3.8, 4) is 0 Å². The van der Waals surface area contributed by atoms with E-state index in [1.54, 1.807) is 38.2 Å². The van der Waals surface area contributed by atoms with E-state index in [-0.39, 0.29) is 18.3 Å². The van der Waals surface area contributed by atoms with E-state index in [2.05, 4.69) is 0 Å². The van der Waals surface area contributed by atoms with Crippen LogP contribution in [0.3, 0.4) is 0 Å². The Morgan fingerprint density at radius 2 is 2.00 bits per heavy atom. The molecule has 2 aromatic rings. The van der Waals surface area contributed by atoms with Crippen LogP contribution in [0.5, 0.6) is 0 Å². The summed E-state index contributed by atoms with van der Waals surface area (Å²) in [7, 11) is 1.62. The summed E-state index contributed by atoms with van der Waals surface area (Å²) in [6.07, 6.45) is 0.321. The number of likely N-dealkylation sites (N-methyl/N-ethyl adjacent to an activating group) is 1. The first kappa shape index (κ1) is 16.2. The van der Waals surface area contributed by atoms with Gasteiger partial charge >= 0.3 is 5.97 Å². The molecular formula is C19H18FNO3. The van der Waals surface area contributed by atoms with E-state index in [4.69, 9.17) is 4.74 Å². The third-order valence-electron chi connectivity index (χ3n) is 4.19. The fraction of sp³-hybridized carbons (Fsp3) is 0.263. The second-order valence-corrected chi connectivity index (χ2v) is 6.25. The Balaban J connectivity index is 1.80. The highest BCUT2D eigenvalue weighted by Gasteiger charge is 2.44. The van der Waals surface area contributed by atoms with Crippen LogP contribution in [0.15, 0.2) is 48.5 Å². The van der Waals surface area contributed by atoms with Gasteiger partial charge in [-0.2, -0.15) is 0 Å². The number of halogens is 1. The molecule has 0 spiro atoms. The predicted octanol–water partition coefficient (Wildman–Crippen LogP) is 2.96. The highest BCUT2D eigenvalue weighted by atomic mass is 19.1. The normalized spacial score (nSPS) is 19.4. The number of rotatable bonds is 3. The second-order valence-electron chi connectivity index (χ2n) is 6.25. The summed E-state index contributed by atoms with van der Waals surface area (Å²) in [5.41, 5.74) is 0.712. The molecule has 0 fully saturated rings. The molecule has 3 rings (SSSR count). The molecule has 1 heterocycles. The predicted molar refractivity (Wildman–Crippen MR) is 86.8 cm³/mol. The van der Waals surface area contributed by atoms with E-state index in [0.717, 1.165) is 5.56 Å². The zero-order valence-corrected chi connectivity index (χ0v) is 13.6. The Morgan fingerprint density at radius 3 is 2.75 bits per heavy atom. The molecule has 1 aliphatic heterocycles. The molecule has 0 bridgehead atoms. The number of carbonyl (C=O) groups is 2. The van der Waals surface area contributed by atoms with E-state index in [9.17, 15) is 14.0 Å². The summed E-state index contributed by atoms with van der Waals surface area (Å²) >= 11 is 0. The van der Waals surface area contributed by atoms with Gasteiger partial charge in [0.25, 0.3) is 5.91 Å². The average molecular weight is 327 g/mol. The molecule has 4 nitrogen and oxygen atoms in total. The zero-order chi connectivity index (χ0) is 17.3. The van der Waals surface area contributed by atoms with Crippen molar-refractivity contribution in [2.45, 2.75) is 25.5 Å².